The topological polar surface area (TPSA) is 73.2 Å². The molecule has 136 valence electrons. The van der Waals surface area contributed by atoms with Gasteiger partial charge in [-0.1, -0.05) is 12.1 Å². The first-order valence-electron chi connectivity index (χ1n) is 8.88. The molecule has 1 N–H and O–H groups in total. The molecule has 0 spiro atoms. The van der Waals surface area contributed by atoms with Crippen LogP contribution in [0.1, 0.15) is 41.6 Å². The van der Waals surface area contributed by atoms with Crippen molar-refractivity contribution in [3.63, 3.8) is 0 Å². The highest BCUT2D eigenvalue weighted by molar-refractivity contribution is 8.18. The smallest absolute Gasteiger partial charge is 0.335 e. The van der Waals surface area contributed by atoms with Crippen LogP contribution in [0.3, 0.4) is 0 Å². The SMILES string of the molecule is CC1=C(C(=O)N2CCC[C@H](c3cccc(C(=O)O)c3)C2)SC2=NCCN21. The minimum atomic E-state index is -0.917. The molecule has 0 aliphatic carbocycles. The zero-order valence-corrected chi connectivity index (χ0v) is 15.5. The first-order chi connectivity index (χ1) is 12.5. The van der Waals surface area contributed by atoms with E-state index in [-0.39, 0.29) is 11.8 Å². The maximum Gasteiger partial charge on any atom is 0.335 e. The Labute approximate surface area is 156 Å². The number of carboxylic acids is 1. The Kier molecular flexibility index (Phi) is 4.48. The summed E-state index contributed by atoms with van der Waals surface area (Å²) in [5, 5.41) is 10.1. The number of amidine groups is 1. The van der Waals surface area contributed by atoms with Crippen LogP contribution < -0.4 is 0 Å². The van der Waals surface area contributed by atoms with Crippen LogP contribution in [0.2, 0.25) is 0 Å². The van der Waals surface area contributed by atoms with Gasteiger partial charge in [0, 0.05) is 31.2 Å². The van der Waals surface area contributed by atoms with E-state index in [0.717, 1.165) is 53.8 Å². The molecule has 1 aromatic rings. The first-order valence-corrected chi connectivity index (χ1v) is 9.69. The number of carboxylic acid groups (broad SMARTS) is 1. The van der Waals surface area contributed by atoms with E-state index >= 15 is 0 Å². The van der Waals surface area contributed by atoms with Crippen LogP contribution in [-0.2, 0) is 4.79 Å². The number of likely N-dealkylation sites (tertiary alicyclic amines) is 1. The molecule has 3 aliphatic rings. The van der Waals surface area contributed by atoms with Crippen molar-refractivity contribution >= 4 is 28.8 Å². The lowest BCUT2D eigenvalue weighted by Crippen LogP contribution is -2.39. The van der Waals surface area contributed by atoms with Crippen molar-refractivity contribution in [2.45, 2.75) is 25.7 Å². The van der Waals surface area contributed by atoms with Gasteiger partial charge in [-0.2, -0.15) is 0 Å². The van der Waals surface area contributed by atoms with Crippen LogP contribution in [0.25, 0.3) is 0 Å². The van der Waals surface area contributed by atoms with Crippen molar-refractivity contribution in [1.29, 1.82) is 0 Å². The van der Waals surface area contributed by atoms with Crippen LogP contribution in [0.15, 0.2) is 39.9 Å². The summed E-state index contributed by atoms with van der Waals surface area (Å²) in [4.78, 5) is 33.6. The van der Waals surface area contributed by atoms with Crippen molar-refractivity contribution in [2.24, 2.45) is 4.99 Å². The minimum Gasteiger partial charge on any atom is -0.478 e. The largest absolute Gasteiger partial charge is 0.478 e. The van der Waals surface area contributed by atoms with Crippen molar-refractivity contribution in [2.75, 3.05) is 26.2 Å². The summed E-state index contributed by atoms with van der Waals surface area (Å²) in [5.74, 6) is -0.666. The molecule has 6 nitrogen and oxygen atoms in total. The van der Waals surface area contributed by atoms with Gasteiger partial charge in [0.05, 0.1) is 17.0 Å². The van der Waals surface area contributed by atoms with Crippen LogP contribution in [0.4, 0.5) is 0 Å². The molecular formula is C19H21N3O3S. The predicted octanol–water partition coefficient (Wildman–Crippen LogP) is 2.74. The quantitative estimate of drug-likeness (QED) is 0.884. The van der Waals surface area contributed by atoms with Crippen molar-refractivity contribution in [1.82, 2.24) is 9.80 Å². The molecule has 0 bridgehead atoms. The first kappa shape index (κ1) is 17.1. The maximum absolute atomic E-state index is 13.1. The summed E-state index contributed by atoms with van der Waals surface area (Å²) in [6, 6.07) is 7.09. The van der Waals surface area contributed by atoms with Gasteiger partial charge in [0.1, 0.15) is 0 Å². The Hall–Kier alpha value is -2.28. The minimum absolute atomic E-state index is 0.0729. The summed E-state index contributed by atoms with van der Waals surface area (Å²) < 4.78 is 0. The number of hydrogen-bond acceptors (Lipinski definition) is 5. The lowest BCUT2D eigenvalue weighted by Gasteiger charge is -2.33. The van der Waals surface area contributed by atoms with Gasteiger partial charge < -0.3 is 14.9 Å². The summed E-state index contributed by atoms with van der Waals surface area (Å²) in [6.45, 7) is 5.03. The van der Waals surface area contributed by atoms with Crippen molar-refractivity contribution in [3.05, 3.63) is 46.0 Å². The van der Waals surface area contributed by atoms with E-state index < -0.39 is 5.97 Å². The van der Waals surface area contributed by atoms with E-state index in [0.29, 0.717) is 12.1 Å². The molecule has 3 heterocycles. The fraction of sp³-hybridized carbons (Fsp3) is 0.421. The van der Waals surface area contributed by atoms with Gasteiger partial charge >= 0.3 is 5.97 Å². The third kappa shape index (κ3) is 3.00. The van der Waals surface area contributed by atoms with E-state index in [9.17, 15) is 14.7 Å². The number of aromatic carboxylic acids is 1. The van der Waals surface area contributed by atoms with Crippen molar-refractivity contribution in [3.8, 4) is 0 Å². The lowest BCUT2D eigenvalue weighted by molar-refractivity contribution is -0.127. The number of benzene rings is 1. The second kappa shape index (κ2) is 6.79. The molecule has 0 unspecified atom stereocenters. The molecule has 1 saturated heterocycles. The molecule has 4 rings (SSSR count). The lowest BCUT2D eigenvalue weighted by atomic mass is 9.89. The second-order valence-corrected chi connectivity index (χ2v) is 7.83. The third-order valence-electron chi connectivity index (χ3n) is 5.24. The number of carbonyl (C=O) groups excluding carboxylic acids is 1. The zero-order valence-electron chi connectivity index (χ0n) is 14.6. The number of amides is 1. The van der Waals surface area contributed by atoms with E-state index in [4.69, 9.17) is 0 Å². The number of nitrogens with zero attached hydrogens (tertiary/aromatic N) is 3. The fourth-order valence-corrected chi connectivity index (χ4v) is 4.97. The standard InChI is InChI=1S/C19H21N3O3S/c1-12-16(26-19-20-7-9-22(12)19)17(23)21-8-3-6-15(11-21)13-4-2-5-14(10-13)18(24)25/h2,4-5,10,15H,3,6-9,11H2,1H3,(H,24,25)/t15-/m0/s1. The predicted molar refractivity (Wildman–Crippen MR) is 101 cm³/mol. The van der Waals surface area contributed by atoms with Crippen LogP contribution in [0.5, 0.6) is 0 Å². The van der Waals surface area contributed by atoms with Gasteiger partial charge in [0.2, 0.25) is 0 Å². The van der Waals surface area contributed by atoms with Gasteiger partial charge in [-0.25, -0.2) is 4.79 Å². The van der Waals surface area contributed by atoms with Gasteiger partial charge in [-0.05, 0) is 49.2 Å². The molecule has 1 fully saturated rings. The van der Waals surface area contributed by atoms with Gasteiger partial charge in [0.15, 0.2) is 5.17 Å². The van der Waals surface area contributed by atoms with E-state index in [1.165, 1.54) is 11.8 Å². The van der Waals surface area contributed by atoms with Gasteiger partial charge in [-0.15, -0.1) is 0 Å². The fourth-order valence-electron chi connectivity index (χ4n) is 3.81. The Bertz CT molecular complexity index is 833. The average molecular weight is 371 g/mol. The van der Waals surface area contributed by atoms with E-state index in [1.54, 1.807) is 18.2 Å². The van der Waals surface area contributed by atoms with E-state index in [2.05, 4.69) is 9.89 Å². The Balaban J connectivity index is 1.51. The molecule has 1 aromatic carbocycles. The zero-order chi connectivity index (χ0) is 18.3. The third-order valence-corrected chi connectivity index (χ3v) is 6.44. The average Bonchev–Trinajstić information content (AvgIpc) is 3.24. The molecule has 1 amide bonds. The maximum atomic E-state index is 13.1. The van der Waals surface area contributed by atoms with Crippen LogP contribution in [-0.4, -0.2) is 58.1 Å². The summed E-state index contributed by atoms with van der Waals surface area (Å²) in [7, 11) is 0. The number of piperidine rings is 1. The number of aliphatic imine (C=N–C) groups is 1. The highest BCUT2D eigenvalue weighted by atomic mass is 32.2. The molecule has 0 radical (unpaired) electrons. The molecule has 1 atom stereocenters. The van der Waals surface area contributed by atoms with Crippen LogP contribution in [0, 0.1) is 0 Å². The highest BCUT2D eigenvalue weighted by Gasteiger charge is 2.36. The monoisotopic (exact) mass is 371 g/mol. The van der Waals surface area contributed by atoms with Gasteiger partial charge in [0.25, 0.3) is 5.91 Å². The highest BCUT2D eigenvalue weighted by Crippen LogP contribution is 2.38. The summed E-state index contributed by atoms with van der Waals surface area (Å²) >= 11 is 1.48. The molecular weight excluding hydrogens is 350 g/mol. The second-order valence-electron chi connectivity index (χ2n) is 6.85. The Morgan fingerprint density at radius 2 is 2.15 bits per heavy atom. The number of hydrogen-bond donors (Lipinski definition) is 1. The van der Waals surface area contributed by atoms with Gasteiger partial charge in [-0.3, -0.25) is 9.79 Å². The molecule has 0 aromatic heterocycles. The number of fused-ring (bicyclic) bond motifs is 1. The van der Waals surface area contributed by atoms with Crippen molar-refractivity contribution < 1.29 is 14.7 Å². The molecule has 3 aliphatic heterocycles. The number of allylic oxidation sites excluding steroid dienone is 1. The molecule has 26 heavy (non-hydrogen) atoms. The van der Waals surface area contributed by atoms with Crippen LogP contribution >= 0.6 is 11.8 Å². The van der Waals surface area contributed by atoms with E-state index in [1.807, 2.05) is 17.9 Å². The normalized spacial score (nSPS) is 22.5. The number of thioether (sulfide) groups is 1. The molecule has 0 saturated carbocycles. The Morgan fingerprint density at radius 1 is 1.31 bits per heavy atom. The number of carbonyl (C=O) groups is 2. The number of rotatable bonds is 3. The Morgan fingerprint density at radius 3 is 2.92 bits per heavy atom. The summed E-state index contributed by atoms with van der Waals surface area (Å²) in [5.41, 5.74) is 2.30. The summed E-state index contributed by atoms with van der Waals surface area (Å²) in [6.07, 6.45) is 1.90. The molecule has 7 heteroatoms.